The summed E-state index contributed by atoms with van der Waals surface area (Å²) in [5.74, 6) is 1.79. The van der Waals surface area contributed by atoms with Gasteiger partial charge in [-0.15, -0.1) is 6.54 Å². The molecule has 0 aliphatic carbocycles. The van der Waals surface area contributed by atoms with Gasteiger partial charge >= 0.3 is 20.4 Å². The van der Waals surface area contributed by atoms with Crippen molar-refractivity contribution in [2.75, 3.05) is 19.9 Å². The summed E-state index contributed by atoms with van der Waals surface area (Å²) in [6.07, 6.45) is 1.08. The maximum Gasteiger partial charge on any atom is 2.00 e. The average molecular weight is 557 g/mol. The summed E-state index contributed by atoms with van der Waals surface area (Å²) in [6.45, 7) is 13.3. The Morgan fingerprint density at radius 2 is 1.39 bits per heavy atom. The van der Waals surface area contributed by atoms with Gasteiger partial charge in [-0.05, 0) is 45.9 Å². The van der Waals surface area contributed by atoms with E-state index in [9.17, 15) is 0 Å². The zero-order valence-corrected chi connectivity index (χ0v) is 23.1. The summed E-state index contributed by atoms with van der Waals surface area (Å²) in [5.41, 5.74) is 10.4. The fourth-order valence-electron chi connectivity index (χ4n) is 3.34. The van der Waals surface area contributed by atoms with Crippen LogP contribution in [0.4, 0.5) is 0 Å². The van der Waals surface area contributed by atoms with Crippen LogP contribution in [0.2, 0.25) is 0 Å². The van der Waals surface area contributed by atoms with Gasteiger partial charge in [-0.2, -0.15) is 35.9 Å². The largest absolute Gasteiger partial charge is 2.00 e. The Bertz CT molecular complexity index is 917. The topological polar surface area (TPSA) is 42.3 Å². The van der Waals surface area contributed by atoms with Gasteiger partial charge in [-0.1, -0.05) is 30.7 Å². The fraction of sp³-hybridized carbons (Fsp3) is 0.357. The van der Waals surface area contributed by atoms with Gasteiger partial charge in [0.1, 0.15) is 11.5 Å². The SMILES string of the molecule is CC(C)Oc1cccc(OC(C)C)c1-c1ccccc1[PH+](C)C.[NH-]CCc1[c-]cccc1.[Pd+2]. The molecule has 3 aromatic rings. The minimum Gasteiger partial charge on any atom is -0.677 e. The van der Waals surface area contributed by atoms with Crippen molar-refractivity contribution < 1.29 is 29.9 Å². The number of rotatable bonds is 8. The fourth-order valence-corrected chi connectivity index (χ4v) is 4.52. The second-order valence-electron chi connectivity index (χ2n) is 8.40. The molecule has 3 nitrogen and oxygen atoms in total. The first kappa shape index (κ1) is 29.3. The van der Waals surface area contributed by atoms with Crippen molar-refractivity contribution in [1.82, 2.24) is 0 Å². The molecule has 0 atom stereocenters. The molecule has 0 spiro atoms. The molecule has 0 saturated carbocycles. The minimum absolute atomic E-state index is 0. The monoisotopic (exact) mass is 556 g/mol. The first-order valence-electron chi connectivity index (χ1n) is 11.3. The molecule has 0 radical (unpaired) electrons. The van der Waals surface area contributed by atoms with Crippen LogP contribution in [-0.4, -0.2) is 32.1 Å². The standard InChI is InChI=1S/C20H27O2P.C8H9N.Pd/c1-14(2)21-17-11-9-12-18(22-15(3)4)20(17)16-10-7-8-13-19(16)23(5)6;9-7-6-8-4-2-1-3-5-8;/h7-15H,1-6H3;1-4,9H,6-7H2;/q;-2;+2/p+1. The summed E-state index contributed by atoms with van der Waals surface area (Å²) in [4.78, 5) is 0. The Balaban J connectivity index is 0.000000458. The van der Waals surface area contributed by atoms with Crippen LogP contribution in [0.5, 0.6) is 11.5 Å². The quantitative estimate of drug-likeness (QED) is 0.169. The summed E-state index contributed by atoms with van der Waals surface area (Å²) in [7, 11) is -0.589. The molecule has 5 heteroatoms. The maximum absolute atomic E-state index is 6.92. The molecule has 0 bridgehead atoms. The van der Waals surface area contributed by atoms with E-state index in [4.69, 9.17) is 15.2 Å². The normalized spacial score (nSPS) is 10.5. The summed E-state index contributed by atoms with van der Waals surface area (Å²) >= 11 is 0. The molecule has 0 fully saturated rings. The van der Waals surface area contributed by atoms with Crippen molar-refractivity contribution >= 4 is 13.2 Å². The van der Waals surface area contributed by atoms with E-state index in [1.807, 2.05) is 42.5 Å². The Labute approximate surface area is 215 Å². The summed E-state index contributed by atoms with van der Waals surface area (Å²) < 4.78 is 12.2. The van der Waals surface area contributed by atoms with Gasteiger partial charge in [-0.3, -0.25) is 0 Å². The van der Waals surface area contributed by atoms with Crippen LogP contribution >= 0.6 is 7.92 Å². The predicted molar refractivity (Wildman–Crippen MR) is 141 cm³/mol. The molecule has 3 aromatic carbocycles. The van der Waals surface area contributed by atoms with E-state index >= 15 is 0 Å². The molecule has 1 N–H and O–H groups in total. The molecule has 0 amide bonds. The number of ether oxygens (including phenoxy) is 2. The van der Waals surface area contributed by atoms with Crippen molar-refractivity contribution in [3.05, 3.63) is 84.1 Å². The summed E-state index contributed by atoms with van der Waals surface area (Å²) in [6, 6.07) is 25.5. The van der Waals surface area contributed by atoms with Crippen molar-refractivity contribution in [2.24, 2.45) is 0 Å². The van der Waals surface area contributed by atoms with Gasteiger partial charge in [0.2, 0.25) is 0 Å². The molecule has 3 rings (SSSR count). The van der Waals surface area contributed by atoms with Crippen molar-refractivity contribution in [1.29, 1.82) is 0 Å². The van der Waals surface area contributed by atoms with E-state index in [1.165, 1.54) is 10.9 Å². The number of hydrogen-bond donors (Lipinski definition) is 0. The molecule has 0 aliphatic heterocycles. The van der Waals surface area contributed by atoms with Gasteiger partial charge in [0.05, 0.1) is 36.4 Å². The summed E-state index contributed by atoms with van der Waals surface area (Å²) in [5, 5.41) is 1.41. The Morgan fingerprint density at radius 1 is 0.818 bits per heavy atom. The first-order chi connectivity index (χ1) is 15.3. The third-order valence-electron chi connectivity index (χ3n) is 4.62. The van der Waals surface area contributed by atoms with Crippen LogP contribution in [0.15, 0.2) is 66.7 Å². The molecule has 0 unspecified atom stereocenters. The second-order valence-corrected chi connectivity index (χ2v) is 10.9. The third-order valence-corrected chi connectivity index (χ3v) is 6.13. The Kier molecular flexibility index (Phi) is 13.6. The Hall–Kier alpha value is -1.69. The van der Waals surface area contributed by atoms with Crippen LogP contribution in [-0.2, 0) is 26.8 Å². The van der Waals surface area contributed by atoms with Gasteiger partial charge < -0.3 is 15.2 Å². The molecule has 0 heterocycles. The molecule has 33 heavy (non-hydrogen) atoms. The van der Waals surface area contributed by atoms with Gasteiger partial charge in [0, 0.05) is 13.5 Å². The first-order valence-corrected chi connectivity index (χ1v) is 13.8. The van der Waals surface area contributed by atoms with Crippen LogP contribution in [0, 0.1) is 6.07 Å². The van der Waals surface area contributed by atoms with Crippen LogP contribution in [0.25, 0.3) is 16.9 Å². The molecular formula is C28H37NO2PPd+. The average Bonchev–Trinajstić information content (AvgIpc) is 2.75. The van der Waals surface area contributed by atoms with Crippen molar-refractivity contribution in [2.45, 2.75) is 46.3 Å². The smallest absolute Gasteiger partial charge is 0.677 e. The van der Waals surface area contributed by atoms with E-state index in [2.05, 4.69) is 71.4 Å². The number of hydrogen-bond acceptors (Lipinski definition) is 2. The molecule has 0 saturated heterocycles. The zero-order chi connectivity index (χ0) is 23.5. The van der Waals surface area contributed by atoms with Crippen molar-refractivity contribution in [3.8, 4) is 22.6 Å². The van der Waals surface area contributed by atoms with Gasteiger partial charge in [0.25, 0.3) is 0 Å². The molecule has 180 valence electrons. The molecule has 0 aliphatic rings. The van der Waals surface area contributed by atoms with Gasteiger partial charge in [0.15, 0.2) is 0 Å². The van der Waals surface area contributed by atoms with E-state index in [1.54, 1.807) is 0 Å². The van der Waals surface area contributed by atoms with Crippen LogP contribution in [0.1, 0.15) is 33.3 Å². The predicted octanol–water partition coefficient (Wildman–Crippen LogP) is 7.11. The number of benzene rings is 3. The van der Waals surface area contributed by atoms with Crippen LogP contribution in [0.3, 0.4) is 0 Å². The minimum atomic E-state index is -0.589. The molecular weight excluding hydrogens is 520 g/mol. The van der Waals surface area contributed by atoms with Crippen LogP contribution < -0.4 is 14.8 Å². The van der Waals surface area contributed by atoms with Crippen molar-refractivity contribution in [3.63, 3.8) is 0 Å². The second kappa shape index (κ2) is 15.3. The van der Waals surface area contributed by atoms with E-state index in [-0.39, 0.29) is 32.6 Å². The van der Waals surface area contributed by atoms with E-state index in [0.29, 0.717) is 6.54 Å². The van der Waals surface area contributed by atoms with E-state index < -0.39 is 7.92 Å². The third kappa shape index (κ3) is 9.60. The maximum atomic E-state index is 6.92. The molecule has 0 aromatic heterocycles. The Morgan fingerprint density at radius 3 is 1.88 bits per heavy atom. The van der Waals surface area contributed by atoms with E-state index in [0.717, 1.165) is 29.0 Å². The number of nitrogens with one attached hydrogen (secondary N) is 1. The van der Waals surface area contributed by atoms with Gasteiger partial charge in [-0.25, -0.2) is 0 Å². The zero-order valence-electron chi connectivity index (χ0n) is 20.6.